The Morgan fingerprint density at radius 1 is 0.600 bits per heavy atom. The molecule has 0 spiro atoms. The van der Waals surface area contributed by atoms with Gasteiger partial charge in [-0.2, -0.15) is 0 Å². The van der Waals surface area contributed by atoms with Gasteiger partial charge in [-0.05, 0) is 0 Å². The van der Waals surface area contributed by atoms with Crippen LogP contribution in [-0.4, -0.2) is 35.0 Å². The van der Waals surface area contributed by atoms with Gasteiger partial charge in [-0.3, -0.25) is 0 Å². The Hall–Kier alpha value is 1.05. The summed E-state index contributed by atoms with van der Waals surface area (Å²) >= 11 is -11.8. The van der Waals surface area contributed by atoms with Crippen molar-refractivity contribution in [3.63, 3.8) is 0 Å². The predicted octanol–water partition coefficient (Wildman–Crippen LogP) is -2.82. The zero-order valence-electron chi connectivity index (χ0n) is 6.12. The molecule has 0 fully saturated rings. The van der Waals surface area contributed by atoms with Crippen LogP contribution in [-0.2, 0) is 73.8 Å². The van der Waals surface area contributed by atoms with E-state index in [2.05, 4.69) is 7.26 Å². The van der Waals surface area contributed by atoms with Gasteiger partial charge in [-0.1, -0.05) is 0 Å². The van der Waals surface area contributed by atoms with Crippen molar-refractivity contribution in [1.29, 1.82) is 0 Å². The summed E-state index contributed by atoms with van der Waals surface area (Å²) in [7, 11) is 0. The second kappa shape index (κ2) is 13.1. The molecular weight excluding hydrogens is 384 g/mol. The van der Waals surface area contributed by atoms with E-state index in [0.29, 0.717) is 0 Å². The van der Waals surface area contributed by atoms with Crippen LogP contribution in [0, 0.1) is 0 Å². The van der Waals surface area contributed by atoms with Crippen molar-refractivity contribution in [2.75, 3.05) is 0 Å². The van der Waals surface area contributed by atoms with Crippen LogP contribution in [0.5, 0.6) is 0 Å². The van der Waals surface area contributed by atoms with E-state index >= 15 is 0 Å². The summed E-state index contributed by atoms with van der Waals surface area (Å²) in [6.45, 7) is 0. The van der Waals surface area contributed by atoms with Gasteiger partial charge in [0.1, 0.15) is 0 Å². The molecular formula is MoO10S4. The maximum atomic E-state index is 9.19. The van der Waals surface area contributed by atoms with Crippen molar-refractivity contribution in [3.05, 3.63) is 0 Å². The third-order valence-electron chi connectivity index (χ3n) is 0.222. The van der Waals surface area contributed by atoms with Crippen molar-refractivity contribution in [3.8, 4) is 0 Å². The van der Waals surface area contributed by atoms with Gasteiger partial charge >= 0.3 is 21.1 Å². The zero-order chi connectivity index (χ0) is 11.7. The molecule has 0 saturated heterocycles. The van der Waals surface area contributed by atoms with Gasteiger partial charge in [0.05, 0.1) is 45.4 Å². The molecule has 0 bridgehead atoms. The molecule has 0 atom stereocenters. The minimum atomic E-state index is -2.96. The Kier molecular flexibility index (Phi) is 18.7. The van der Waals surface area contributed by atoms with Gasteiger partial charge in [-0.15, -0.1) is 0 Å². The van der Waals surface area contributed by atoms with Crippen LogP contribution in [0.2, 0.25) is 0 Å². The third kappa shape index (κ3) is 31.3. The van der Waals surface area contributed by atoms with Gasteiger partial charge in [0.25, 0.3) is 0 Å². The number of hydrogen-bond donors (Lipinski definition) is 0. The van der Waals surface area contributed by atoms with Crippen molar-refractivity contribution in [2.24, 2.45) is 0 Å². The van der Waals surface area contributed by atoms with E-state index in [4.69, 9.17) is 0 Å². The molecule has 0 saturated carbocycles. The average Bonchev–Trinajstić information content (AvgIpc) is 1.79. The van der Waals surface area contributed by atoms with E-state index in [0.717, 1.165) is 0 Å². The smallest absolute Gasteiger partial charge is 0.749 e. The van der Waals surface area contributed by atoms with E-state index < -0.39 is 45.4 Å². The molecule has 15 heteroatoms. The molecule has 0 aromatic rings. The maximum absolute atomic E-state index is 9.19. The average molecular weight is 384 g/mol. The first kappa shape index (κ1) is 21.3. The molecule has 0 amide bonds. The summed E-state index contributed by atoms with van der Waals surface area (Å²) in [4.78, 5) is 0. The van der Waals surface area contributed by atoms with Crippen LogP contribution in [0.25, 0.3) is 0 Å². The minimum absolute atomic E-state index is 0. The Morgan fingerprint density at radius 3 is 0.733 bits per heavy atom. The molecule has 0 radical (unpaired) electrons. The second-order valence-corrected chi connectivity index (χ2v) is 3.67. The topological polar surface area (TPSA) is 179 Å². The largest absolute Gasteiger partial charge is 4.00 e. The molecule has 0 unspecified atom stereocenters. The quantitative estimate of drug-likeness (QED) is 0.362. The van der Waals surface area contributed by atoms with Gasteiger partial charge in [0.2, 0.25) is 0 Å². The zero-order valence-corrected chi connectivity index (χ0v) is 11.4. The summed E-state index contributed by atoms with van der Waals surface area (Å²) in [5, 5.41) is 0. The Balaban J connectivity index is -0.000000180. The van der Waals surface area contributed by atoms with Crippen molar-refractivity contribution >= 4 is 45.4 Å². The van der Waals surface area contributed by atoms with Crippen molar-refractivity contribution < 1.29 is 63.4 Å². The van der Waals surface area contributed by atoms with Gasteiger partial charge in [0.15, 0.2) is 0 Å². The van der Waals surface area contributed by atoms with Crippen molar-refractivity contribution in [1.82, 2.24) is 0 Å². The first-order chi connectivity index (χ1) is 6.25. The predicted molar refractivity (Wildman–Crippen MR) is 37.8 cm³/mol. The monoisotopic (exact) mass is 386 g/mol. The summed E-state index contributed by atoms with van der Waals surface area (Å²) in [6, 6.07) is 0. The van der Waals surface area contributed by atoms with Gasteiger partial charge in [-0.25, -0.2) is 24.1 Å². The molecule has 0 aliphatic heterocycles. The summed E-state index contributed by atoms with van der Waals surface area (Å²) in [5.74, 6) is 0. The fourth-order valence-electron chi connectivity index (χ4n) is 0.0907. The molecule has 90 valence electrons. The normalized spacial score (nSPS) is 17.3. The molecule has 10 nitrogen and oxygen atoms in total. The number of hydrogen-bond acceptors (Lipinski definition) is 10. The van der Waals surface area contributed by atoms with Crippen LogP contribution in [0.3, 0.4) is 0 Å². The van der Waals surface area contributed by atoms with Gasteiger partial charge in [0, 0.05) is 0 Å². The van der Waals surface area contributed by atoms with Gasteiger partial charge < -0.3 is 18.2 Å². The second-order valence-electron chi connectivity index (χ2n) is 0.953. The third-order valence-corrected chi connectivity index (χ3v) is 2.00. The Labute approximate surface area is 108 Å². The SMILES string of the molecule is O=S([O-])OS(=O)[O-].O=S([O-])OS(=O)[O-].[Mo+4]. The maximum Gasteiger partial charge on any atom is 4.00 e. The molecule has 15 heavy (non-hydrogen) atoms. The van der Waals surface area contributed by atoms with E-state index in [1.165, 1.54) is 0 Å². The van der Waals surface area contributed by atoms with Crippen molar-refractivity contribution in [2.45, 2.75) is 0 Å². The van der Waals surface area contributed by atoms with E-state index in [1.807, 2.05) is 0 Å². The van der Waals surface area contributed by atoms with E-state index in [1.54, 1.807) is 0 Å². The minimum Gasteiger partial charge on any atom is -0.749 e. The fourth-order valence-corrected chi connectivity index (χ4v) is 0.816. The van der Waals surface area contributed by atoms with Crippen LogP contribution >= 0.6 is 0 Å². The first-order valence-corrected chi connectivity index (χ1v) is 6.00. The van der Waals surface area contributed by atoms with Crippen LogP contribution < -0.4 is 0 Å². The molecule has 0 rings (SSSR count). The summed E-state index contributed by atoms with van der Waals surface area (Å²) in [5.41, 5.74) is 0. The van der Waals surface area contributed by atoms with Crippen LogP contribution in [0.15, 0.2) is 0 Å². The number of rotatable bonds is 4. The standard InChI is InChI=1S/Mo.2H2O5S2/c;2*1-6(2)5-7(3)4/h;2*(H,1,2)(H,3,4)/q+4;;/p-4. The molecule has 0 aliphatic rings. The molecule has 0 heterocycles. The van der Waals surface area contributed by atoms with Crippen LogP contribution in [0.4, 0.5) is 0 Å². The van der Waals surface area contributed by atoms with E-state index in [-0.39, 0.29) is 21.1 Å². The molecule has 0 N–H and O–H groups in total. The van der Waals surface area contributed by atoms with E-state index in [9.17, 15) is 35.0 Å². The first-order valence-electron chi connectivity index (χ1n) is 2.00. The fraction of sp³-hybridized carbons (Fsp3) is 0. The molecule has 0 aromatic carbocycles. The Bertz CT molecular complexity index is 196. The summed E-state index contributed by atoms with van der Waals surface area (Å²) < 4.78 is 79.7. The van der Waals surface area contributed by atoms with Crippen LogP contribution in [0.1, 0.15) is 0 Å². The molecule has 0 aliphatic carbocycles. The Morgan fingerprint density at radius 2 is 0.733 bits per heavy atom. The summed E-state index contributed by atoms with van der Waals surface area (Å²) in [6.07, 6.45) is 0. The molecule has 0 aromatic heterocycles.